The second-order valence-corrected chi connectivity index (χ2v) is 6.98. The van der Waals surface area contributed by atoms with Crippen molar-refractivity contribution in [1.82, 2.24) is 10.2 Å². The first-order chi connectivity index (χ1) is 10.1. The van der Waals surface area contributed by atoms with Crippen molar-refractivity contribution < 1.29 is 0 Å². The van der Waals surface area contributed by atoms with Crippen LogP contribution in [0, 0.1) is 0 Å². The number of nitrogens with one attached hydrogen (secondary N) is 1. The molecule has 1 aromatic carbocycles. The Hall–Kier alpha value is -0.580. The zero-order valence-electron chi connectivity index (χ0n) is 13.5. The van der Waals surface area contributed by atoms with Crippen LogP contribution < -0.4 is 10.2 Å². The lowest BCUT2D eigenvalue weighted by Gasteiger charge is -2.39. The van der Waals surface area contributed by atoms with Crippen molar-refractivity contribution in [2.45, 2.75) is 39.8 Å². The summed E-state index contributed by atoms with van der Waals surface area (Å²) in [5, 5.41) is 3.53. The first-order valence-electron chi connectivity index (χ1n) is 8.10. The third kappa shape index (κ3) is 4.70. The SMILES string of the molecule is CCCNCc1cc(Br)ccc1N1CCN(C(C)C)CC1. The average molecular weight is 354 g/mol. The van der Waals surface area contributed by atoms with E-state index in [2.05, 4.69) is 70.0 Å². The molecule has 0 radical (unpaired) electrons. The normalized spacial score (nSPS) is 16.7. The van der Waals surface area contributed by atoms with Crippen molar-refractivity contribution in [1.29, 1.82) is 0 Å². The van der Waals surface area contributed by atoms with Crippen molar-refractivity contribution in [3.8, 4) is 0 Å². The van der Waals surface area contributed by atoms with E-state index in [1.165, 1.54) is 22.1 Å². The fraction of sp³-hybridized carbons (Fsp3) is 0.647. The van der Waals surface area contributed by atoms with E-state index in [1.807, 2.05) is 0 Å². The van der Waals surface area contributed by atoms with Crippen LogP contribution in [0.15, 0.2) is 22.7 Å². The smallest absolute Gasteiger partial charge is 0.0413 e. The van der Waals surface area contributed by atoms with Gasteiger partial charge in [0.05, 0.1) is 0 Å². The molecular weight excluding hydrogens is 326 g/mol. The fourth-order valence-electron chi connectivity index (χ4n) is 2.88. The van der Waals surface area contributed by atoms with Gasteiger partial charge >= 0.3 is 0 Å². The molecule has 3 nitrogen and oxygen atoms in total. The van der Waals surface area contributed by atoms with E-state index in [1.54, 1.807) is 0 Å². The highest BCUT2D eigenvalue weighted by atomic mass is 79.9. The molecule has 4 heteroatoms. The van der Waals surface area contributed by atoms with Gasteiger partial charge in [-0.05, 0) is 50.6 Å². The molecule has 0 spiro atoms. The van der Waals surface area contributed by atoms with Gasteiger partial charge in [0, 0.05) is 48.9 Å². The maximum Gasteiger partial charge on any atom is 0.0413 e. The number of hydrogen-bond acceptors (Lipinski definition) is 3. The molecule has 1 fully saturated rings. The summed E-state index contributed by atoms with van der Waals surface area (Å²) in [5.74, 6) is 0. The standard InChI is InChI=1S/C17H28BrN3/c1-4-7-19-13-15-12-16(18)5-6-17(15)21-10-8-20(9-11-21)14(2)3/h5-6,12,14,19H,4,7-11,13H2,1-3H3. The zero-order chi connectivity index (χ0) is 15.2. The molecule has 0 bridgehead atoms. The van der Waals surface area contributed by atoms with Gasteiger partial charge in [-0.15, -0.1) is 0 Å². The Balaban J connectivity index is 2.05. The molecule has 0 saturated carbocycles. The van der Waals surface area contributed by atoms with Gasteiger partial charge in [0.2, 0.25) is 0 Å². The summed E-state index contributed by atoms with van der Waals surface area (Å²) < 4.78 is 1.17. The van der Waals surface area contributed by atoms with Crippen LogP contribution in [0.25, 0.3) is 0 Å². The number of hydrogen-bond donors (Lipinski definition) is 1. The van der Waals surface area contributed by atoms with Crippen LogP contribution in [-0.2, 0) is 6.54 Å². The molecule has 21 heavy (non-hydrogen) atoms. The average Bonchev–Trinajstić information content (AvgIpc) is 2.48. The summed E-state index contributed by atoms with van der Waals surface area (Å²) >= 11 is 3.60. The number of nitrogens with zero attached hydrogens (tertiary/aromatic N) is 2. The van der Waals surface area contributed by atoms with Gasteiger partial charge in [-0.3, -0.25) is 4.90 Å². The molecule has 1 heterocycles. The van der Waals surface area contributed by atoms with Gasteiger partial charge in [0.25, 0.3) is 0 Å². The van der Waals surface area contributed by atoms with E-state index in [4.69, 9.17) is 0 Å². The van der Waals surface area contributed by atoms with E-state index in [-0.39, 0.29) is 0 Å². The molecule has 118 valence electrons. The molecule has 1 saturated heterocycles. The summed E-state index contributed by atoms with van der Waals surface area (Å²) in [5.41, 5.74) is 2.79. The van der Waals surface area contributed by atoms with Crippen LogP contribution in [0.2, 0.25) is 0 Å². The monoisotopic (exact) mass is 353 g/mol. The van der Waals surface area contributed by atoms with Crippen LogP contribution in [0.4, 0.5) is 5.69 Å². The number of piperazine rings is 1. The number of anilines is 1. The quantitative estimate of drug-likeness (QED) is 0.789. The van der Waals surface area contributed by atoms with Crippen molar-refractivity contribution in [3.05, 3.63) is 28.2 Å². The predicted octanol–water partition coefficient (Wildman–Crippen LogP) is 3.48. The van der Waals surface area contributed by atoms with Crippen LogP contribution in [0.1, 0.15) is 32.8 Å². The van der Waals surface area contributed by atoms with Gasteiger partial charge in [-0.1, -0.05) is 22.9 Å². The number of rotatable bonds is 6. The number of halogens is 1. The first kappa shape index (κ1) is 16.8. The van der Waals surface area contributed by atoms with E-state index < -0.39 is 0 Å². The summed E-state index contributed by atoms with van der Waals surface area (Å²) in [4.78, 5) is 5.10. The maximum absolute atomic E-state index is 3.60. The Morgan fingerprint density at radius 2 is 1.90 bits per heavy atom. The van der Waals surface area contributed by atoms with Gasteiger partial charge < -0.3 is 10.2 Å². The molecule has 0 atom stereocenters. The van der Waals surface area contributed by atoms with Gasteiger partial charge in [-0.2, -0.15) is 0 Å². The molecule has 1 aliphatic heterocycles. The van der Waals surface area contributed by atoms with E-state index in [0.717, 1.165) is 39.3 Å². The largest absolute Gasteiger partial charge is 0.369 e. The van der Waals surface area contributed by atoms with Crippen molar-refractivity contribution in [3.63, 3.8) is 0 Å². The van der Waals surface area contributed by atoms with Crippen molar-refractivity contribution in [2.24, 2.45) is 0 Å². The molecule has 0 aliphatic carbocycles. The Kier molecular flexibility index (Phi) is 6.52. The summed E-state index contributed by atoms with van der Waals surface area (Å²) in [6.45, 7) is 13.4. The minimum Gasteiger partial charge on any atom is -0.369 e. The minimum absolute atomic E-state index is 0.655. The van der Waals surface area contributed by atoms with E-state index >= 15 is 0 Å². The fourth-order valence-corrected chi connectivity index (χ4v) is 3.29. The summed E-state index contributed by atoms with van der Waals surface area (Å²) in [6.07, 6.45) is 1.18. The molecule has 0 amide bonds. The summed E-state index contributed by atoms with van der Waals surface area (Å²) in [6, 6.07) is 7.33. The second kappa shape index (κ2) is 8.16. The zero-order valence-corrected chi connectivity index (χ0v) is 15.1. The highest BCUT2D eigenvalue weighted by Crippen LogP contribution is 2.26. The van der Waals surface area contributed by atoms with Gasteiger partial charge in [0.15, 0.2) is 0 Å². The summed E-state index contributed by atoms with van der Waals surface area (Å²) in [7, 11) is 0. The second-order valence-electron chi connectivity index (χ2n) is 6.07. The first-order valence-corrected chi connectivity index (χ1v) is 8.89. The molecule has 2 rings (SSSR count). The van der Waals surface area contributed by atoms with Crippen LogP contribution >= 0.6 is 15.9 Å². The molecule has 0 aromatic heterocycles. The van der Waals surface area contributed by atoms with Gasteiger partial charge in [-0.25, -0.2) is 0 Å². The van der Waals surface area contributed by atoms with Crippen LogP contribution in [-0.4, -0.2) is 43.7 Å². The highest BCUT2D eigenvalue weighted by molar-refractivity contribution is 9.10. The van der Waals surface area contributed by atoms with Crippen molar-refractivity contribution in [2.75, 3.05) is 37.6 Å². The lowest BCUT2D eigenvalue weighted by atomic mass is 10.1. The third-order valence-corrected chi connectivity index (χ3v) is 4.66. The van der Waals surface area contributed by atoms with Gasteiger partial charge in [0.1, 0.15) is 0 Å². The molecule has 1 aliphatic rings. The van der Waals surface area contributed by atoms with E-state index in [9.17, 15) is 0 Å². The highest BCUT2D eigenvalue weighted by Gasteiger charge is 2.20. The number of benzene rings is 1. The Bertz CT molecular complexity index is 440. The van der Waals surface area contributed by atoms with Crippen LogP contribution in [0.3, 0.4) is 0 Å². The Morgan fingerprint density at radius 1 is 1.19 bits per heavy atom. The Morgan fingerprint density at radius 3 is 2.52 bits per heavy atom. The molecule has 1 aromatic rings. The van der Waals surface area contributed by atoms with Crippen LogP contribution in [0.5, 0.6) is 0 Å². The molecule has 0 unspecified atom stereocenters. The third-order valence-electron chi connectivity index (χ3n) is 4.17. The lowest BCUT2D eigenvalue weighted by molar-refractivity contribution is 0.209. The van der Waals surface area contributed by atoms with Crippen molar-refractivity contribution >= 4 is 21.6 Å². The maximum atomic E-state index is 3.60. The molecular formula is C17H28BrN3. The molecule has 1 N–H and O–H groups in total. The predicted molar refractivity (Wildman–Crippen MR) is 95.1 cm³/mol. The topological polar surface area (TPSA) is 18.5 Å². The van der Waals surface area contributed by atoms with E-state index in [0.29, 0.717) is 6.04 Å². The minimum atomic E-state index is 0.655. The Labute approximate surface area is 137 Å². The lowest BCUT2D eigenvalue weighted by Crippen LogP contribution is -2.49.